The largest absolute Gasteiger partial charge is 0.349 e. The summed E-state index contributed by atoms with van der Waals surface area (Å²) in [5.41, 5.74) is 7.09. The minimum Gasteiger partial charge on any atom is -0.349 e. The van der Waals surface area contributed by atoms with Crippen molar-refractivity contribution >= 4 is 11.6 Å². The van der Waals surface area contributed by atoms with Crippen molar-refractivity contribution in [2.45, 2.75) is 51.1 Å². The number of carbonyl (C=O) groups is 1. The second kappa shape index (κ2) is 6.89. The smallest absolute Gasteiger partial charge is 0.269 e. The van der Waals surface area contributed by atoms with Crippen LogP contribution in [0.5, 0.6) is 0 Å². The van der Waals surface area contributed by atoms with Crippen molar-refractivity contribution in [3.05, 3.63) is 39.9 Å². The van der Waals surface area contributed by atoms with E-state index in [1.54, 1.807) is 6.07 Å². The molecular formula is C18H25N3O3. The SMILES string of the molecule is CC(NC(=O)C1CC2CCCC(C1)C2N)c1cccc([N+](=O)[O-])c1. The predicted molar refractivity (Wildman–Crippen MR) is 91.2 cm³/mol. The number of rotatable bonds is 4. The van der Waals surface area contributed by atoms with Gasteiger partial charge in [0.2, 0.25) is 5.91 Å². The molecular weight excluding hydrogens is 306 g/mol. The molecule has 0 saturated heterocycles. The summed E-state index contributed by atoms with van der Waals surface area (Å²) in [6.07, 6.45) is 5.21. The highest BCUT2D eigenvalue weighted by Gasteiger charge is 2.40. The quantitative estimate of drug-likeness (QED) is 0.654. The topological polar surface area (TPSA) is 98.3 Å². The second-order valence-electron chi connectivity index (χ2n) is 7.28. The molecule has 1 aromatic carbocycles. The Bertz CT molecular complexity index is 620. The van der Waals surface area contributed by atoms with Crippen LogP contribution in [0.2, 0.25) is 0 Å². The van der Waals surface area contributed by atoms with E-state index in [9.17, 15) is 14.9 Å². The first-order valence-electron chi connectivity index (χ1n) is 8.76. The standard InChI is InChI=1S/C18H25N3O3/c1-11(12-4-3-7-16(10-12)21(23)24)20-18(22)15-8-13-5-2-6-14(9-15)17(13)19/h3-4,7,10-11,13-15,17H,2,5-6,8-9,19H2,1H3,(H,20,22). The van der Waals surface area contributed by atoms with Gasteiger partial charge in [-0.15, -0.1) is 0 Å². The van der Waals surface area contributed by atoms with Gasteiger partial charge in [0.25, 0.3) is 5.69 Å². The highest BCUT2D eigenvalue weighted by molar-refractivity contribution is 5.79. The van der Waals surface area contributed by atoms with Crippen LogP contribution in [0.3, 0.4) is 0 Å². The maximum atomic E-state index is 12.7. The summed E-state index contributed by atoms with van der Waals surface area (Å²) < 4.78 is 0. The average Bonchev–Trinajstić information content (AvgIpc) is 2.54. The van der Waals surface area contributed by atoms with E-state index in [2.05, 4.69) is 5.32 Å². The van der Waals surface area contributed by atoms with Gasteiger partial charge in [-0.25, -0.2) is 0 Å². The van der Waals surface area contributed by atoms with Crippen molar-refractivity contribution in [3.63, 3.8) is 0 Å². The van der Waals surface area contributed by atoms with Crippen LogP contribution in [-0.2, 0) is 4.79 Å². The summed E-state index contributed by atoms with van der Waals surface area (Å²) in [5, 5.41) is 13.9. The zero-order valence-electron chi connectivity index (χ0n) is 14.0. The third-order valence-electron chi connectivity index (χ3n) is 5.72. The second-order valence-corrected chi connectivity index (χ2v) is 7.28. The number of hydrogen-bond donors (Lipinski definition) is 2. The van der Waals surface area contributed by atoms with E-state index in [-0.39, 0.29) is 29.6 Å². The molecule has 0 spiro atoms. The molecule has 2 aliphatic carbocycles. The number of fused-ring (bicyclic) bond motifs is 2. The van der Waals surface area contributed by atoms with Crippen molar-refractivity contribution in [1.82, 2.24) is 5.32 Å². The van der Waals surface area contributed by atoms with Gasteiger partial charge in [-0.1, -0.05) is 18.6 Å². The molecule has 3 unspecified atom stereocenters. The van der Waals surface area contributed by atoms with Gasteiger partial charge in [0.05, 0.1) is 11.0 Å². The lowest BCUT2D eigenvalue weighted by Gasteiger charge is -2.43. The molecule has 0 aliphatic heterocycles. The summed E-state index contributed by atoms with van der Waals surface area (Å²) in [7, 11) is 0. The van der Waals surface area contributed by atoms with Crippen LogP contribution in [0.1, 0.15) is 50.6 Å². The Kier molecular flexibility index (Phi) is 4.85. The Morgan fingerprint density at radius 2 is 2.00 bits per heavy atom. The van der Waals surface area contributed by atoms with Crippen LogP contribution in [0, 0.1) is 27.9 Å². The van der Waals surface area contributed by atoms with E-state index in [0.717, 1.165) is 31.2 Å². The number of nitro benzene ring substituents is 1. The minimum atomic E-state index is -0.415. The number of carbonyl (C=O) groups excluding carboxylic acids is 1. The fourth-order valence-corrected chi connectivity index (χ4v) is 4.33. The molecule has 2 aliphatic rings. The lowest BCUT2D eigenvalue weighted by Crippen LogP contribution is -2.49. The normalized spacial score (nSPS) is 30.4. The van der Waals surface area contributed by atoms with Gasteiger partial charge in [0.1, 0.15) is 0 Å². The Morgan fingerprint density at radius 1 is 1.33 bits per heavy atom. The fraction of sp³-hybridized carbons (Fsp3) is 0.611. The summed E-state index contributed by atoms with van der Waals surface area (Å²) >= 11 is 0. The third kappa shape index (κ3) is 3.43. The molecule has 2 saturated carbocycles. The lowest BCUT2D eigenvalue weighted by molar-refractivity contribution is -0.384. The summed E-state index contributed by atoms with van der Waals surface area (Å²) in [5.74, 6) is 0.988. The van der Waals surface area contributed by atoms with Gasteiger partial charge in [-0.3, -0.25) is 14.9 Å². The van der Waals surface area contributed by atoms with Gasteiger partial charge in [0, 0.05) is 24.1 Å². The van der Waals surface area contributed by atoms with Crippen LogP contribution >= 0.6 is 0 Å². The maximum Gasteiger partial charge on any atom is 0.269 e. The van der Waals surface area contributed by atoms with E-state index in [4.69, 9.17) is 5.73 Å². The van der Waals surface area contributed by atoms with Crippen LogP contribution in [-0.4, -0.2) is 16.9 Å². The monoisotopic (exact) mass is 331 g/mol. The number of nitrogens with zero attached hydrogens (tertiary/aromatic N) is 1. The highest BCUT2D eigenvalue weighted by Crippen LogP contribution is 2.42. The Balaban J connectivity index is 1.64. The molecule has 3 rings (SSSR count). The first-order valence-corrected chi connectivity index (χ1v) is 8.76. The molecule has 3 N–H and O–H groups in total. The molecule has 24 heavy (non-hydrogen) atoms. The van der Waals surface area contributed by atoms with E-state index in [1.807, 2.05) is 13.0 Å². The zero-order valence-corrected chi connectivity index (χ0v) is 14.0. The lowest BCUT2D eigenvalue weighted by atomic mass is 9.65. The fourth-order valence-electron chi connectivity index (χ4n) is 4.33. The number of non-ortho nitro benzene ring substituents is 1. The van der Waals surface area contributed by atoms with E-state index in [0.29, 0.717) is 11.8 Å². The molecule has 6 heteroatoms. The molecule has 2 fully saturated rings. The Hall–Kier alpha value is -1.95. The van der Waals surface area contributed by atoms with Crippen molar-refractivity contribution < 1.29 is 9.72 Å². The minimum absolute atomic E-state index is 0.0150. The van der Waals surface area contributed by atoms with Gasteiger partial charge in [0.15, 0.2) is 0 Å². The van der Waals surface area contributed by atoms with Crippen molar-refractivity contribution in [2.75, 3.05) is 0 Å². The average molecular weight is 331 g/mol. The highest BCUT2D eigenvalue weighted by atomic mass is 16.6. The van der Waals surface area contributed by atoms with E-state index >= 15 is 0 Å². The Labute approximate surface area is 142 Å². The summed E-state index contributed by atoms with van der Waals surface area (Å²) in [6, 6.07) is 6.45. The first-order chi connectivity index (χ1) is 11.5. The number of amides is 1. The van der Waals surface area contributed by atoms with E-state index < -0.39 is 4.92 Å². The number of nitrogens with two attached hydrogens (primary N) is 1. The van der Waals surface area contributed by atoms with Crippen LogP contribution < -0.4 is 11.1 Å². The first kappa shape index (κ1) is 16.9. The third-order valence-corrected chi connectivity index (χ3v) is 5.72. The van der Waals surface area contributed by atoms with Crippen molar-refractivity contribution in [1.29, 1.82) is 0 Å². The number of nitrogens with one attached hydrogen (secondary N) is 1. The summed E-state index contributed by atoms with van der Waals surface area (Å²) in [6.45, 7) is 1.87. The number of hydrogen-bond acceptors (Lipinski definition) is 4. The van der Waals surface area contributed by atoms with Crippen LogP contribution in [0.4, 0.5) is 5.69 Å². The van der Waals surface area contributed by atoms with Crippen LogP contribution in [0.15, 0.2) is 24.3 Å². The van der Waals surface area contributed by atoms with Gasteiger partial charge in [-0.05, 0) is 50.0 Å². The van der Waals surface area contributed by atoms with Crippen LogP contribution in [0.25, 0.3) is 0 Å². The number of benzene rings is 1. The molecule has 0 aromatic heterocycles. The van der Waals surface area contributed by atoms with Crippen molar-refractivity contribution in [3.8, 4) is 0 Å². The molecule has 1 aromatic rings. The molecule has 0 radical (unpaired) electrons. The van der Waals surface area contributed by atoms with E-state index in [1.165, 1.54) is 18.6 Å². The van der Waals surface area contributed by atoms with Gasteiger partial charge < -0.3 is 11.1 Å². The molecule has 3 atom stereocenters. The van der Waals surface area contributed by atoms with Crippen molar-refractivity contribution in [2.24, 2.45) is 23.5 Å². The predicted octanol–water partition coefficient (Wildman–Crippen LogP) is 2.93. The molecule has 2 bridgehead atoms. The molecule has 1 amide bonds. The van der Waals surface area contributed by atoms with Gasteiger partial charge >= 0.3 is 0 Å². The number of nitro groups is 1. The Morgan fingerprint density at radius 3 is 2.62 bits per heavy atom. The maximum absolute atomic E-state index is 12.7. The molecule has 130 valence electrons. The zero-order chi connectivity index (χ0) is 17.3. The summed E-state index contributed by atoms with van der Waals surface area (Å²) in [4.78, 5) is 23.1. The molecule has 6 nitrogen and oxygen atoms in total. The van der Waals surface area contributed by atoms with Gasteiger partial charge in [-0.2, -0.15) is 0 Å². The molecule has 0 heterocycles.